The van der Waals surface area contributed by atoms with E-state index in [-0.39, 0.29) is 0 Å². The van der Waals surface area contributed by atoms with E-state index in [9.17, 15) is 0 Å². The predicted molar refractivity (Wildman–Crippen MR) is 71.2 cm³/mol. The number of likely N-dealkylation sites (tertiary alicyclic amines) is 1. The molecule has 5 heteroatoms. The zero-order valence-corrected chi connectivity index (χ0v) is 10.7. The Morgan fingerprint density at radius 3 is 3.17 bits per heavy atom. The number of fused-ring (bicyclic) bond motifs is 1. The zero-order valence-electron chi connectivity index (χ0n) is 10.7. The number of hydrogen-bond donors (Lipinski definition) is 1. The minimum absolute atomic E-state index is 0.440. The Morgan fingerprint density at radius 1 is 1.44 bits per heavy atom. The maximum Gasteiger partial charge on any atom is 0.162 e. The molecule has 3 rings (SSSR count). The fraction of sp³-hybridized carbons (Fsp3) is 0.538. The van der Waals surface area contributed by atoms with Crippen molar-refractivity contribution in [1.29, 1.82) is 0 Å². The molecule has 2 aromatic heterocycles. The first-order valence-electron chi connectivity index (χ1n) is 6.63. The van der Waals surface area contributed by atoms with Gasteiger partial charge in [-0.25, -0.2) is 4.98 Å². The summed E-state index contributed by atoms with van der Waals surface area (Å²) < 4.78 is 1.73. The van der Waals surface area contributed by atoms with Crippen LogP contribution in [0.3, 0.4) is 0 Å². The molecule has 1 aliphatic heterocycles. The van der Waals surface area contributed by atoms with Gasteiger partial charge in [0.25, 0.3) is 0 Å². The lowest BCUT2D eigenvalue weighted by molar-refractivity contribution is 0.158. The van der Waals surface area contributed by atoms with Crippen molar-refractivity contribution in [3.05, 3.63) is 24.0 Å². The van der Waals surface area contributed by atoms with E-state index >= 15 is 0 Å². The second kappa shape index (κ2) is 4.57. The third kappa shape index (κ3) is 1.75. The molecule has 1 atom stereocenters. The molecule has 0 bridgehead atoms. The Labute approximate surface area is 107 Å². The summed E-state index contributed by atoms with van der Waals surface area (Å²) in [5.74, 6) is 0.644. The molecule has 2 aromatic rings. The molecule has 96 valence electrons. The molecule has 1 aliphatic rings. The van der Waals surface area contributed by atoms with E-state index in [1.54, 1.807) is 16.8 Å². The molecular formula is C13H19N5. The number of nitrogens with two attached hydrogens (primary N) is 1. The molecule has 1 saturated heterocycles. The minimum atomic E-state index is 0.440. The summed E-state index contributed by atoms with van der Waals surface area (Å²) >= 11 is 0. The van der Waals surface area contributed by atoms with Crippen molar-refractivity contribution in [2.24, 2.45) is 0 Å². The summed E-state index contributed by atoms with van der Waals surface area (Å²) in [6, 6.07) is 2.22. The van der Waals surface area contributed by atoms with Crippen LogP contribution in [-0.2, 0) is 0 Å². The maximum atomic E-state index is 5.91. The van der Waals surface area contributed by atoms with Gasteiger partial charge in [0.05, 0.1) is 6.20 Å². The van der Waals surface area contributed by atoms with Crippen molar-refractivity contribution >= 4 is 11.5 Å². The molecule has 0 radical (unpaired) electrons. The topological polar surface area (TPSA) is 59.5 Å². The first-order valence-corrected chi connectivity index (χ1v) is 6.63. The van der Waals surface area contributed by atoms with Crippen LogP contribution < -0.4 is 5.73 Å². The monoisotopic (exact) mass is 245 g/mol. The summed E-state index contributed by atoms with van der Waals surface area (Å²) in [6.07, 6.45) is 7.44. The number of aromatic nitrogens is 3. The van der Waals surface area contributed by atoms with Crippen LogP contribution in [0.15, 0.2) is 18.5 Å². The summed E-state index contributed by atoms with van der Waals surface area (Å²) in [7, 11) is 0. The summed E-state index contributed by atoms with van der Waals surface area (Å²) in [5, 5.41) is 4.36. The molecule has 1 fully saturated rings. The smallest absolute Gasteiger partial charge is 0.162 e. The van der Waals surface area contributed by atoms with E-state index in [1.807, 2.05) is 6.20 Å². The Balaban J connectivity index is 2.05. The van der Waals surface area contributed by atoms with Crippen LogP contribution in [-0.4, -0.2) is 32.6 Å². The second-order valence-corrected chi connectivity index (χ2v) is 4.85. The molecule has 2 N–H and O–H groups in total. The van der Waals surface area contributed by atoms with Crippen LogP contribution in [0.2, 0.25) is 0 Å². The molecule has 18 heavy (non-hydrogen) atoms. The van der Waals surface area contributed by atoms with Gasteiger partial charge in [-0.15, -0.1) is 0 Å². The van der Waals surface area contributed by atoms with E-state index in [4.69, 9.17) is 5.73 Å². The number of hydrogen-bond acceptors (Lipinski definition) is 4. The van der Waals surface area contributed by atoms with Gasteiger partial charge in [-0.05, 0) is 32.0 Å². The highest BCUT2D eigenvalue weighted by Gasteiger charge is 2.26. The SMILES string of the molecule is CCN1CCCCC1c1cnn2c(N)ccnc12. The normalized spacial score (nSPS) is 21.5. The van der Waals surface area contributed by atoms with Crippen LogP contribution >= 0.6 is 0 Å². The van der Waals surface area contributed by atoms with Crippen LogP contribution in [0.25, 0.3) is 5.65 Å². The Bertz CT molecular complexity index is 547. The average molecular weight is 245 g/mol. The van der Waals surface area contributed by atoms with Crippen molar-refractivity contribution in [2.75, 3.05) is 18.8 Å². The Kier molecular flexibility index (Phi) is 2.91. The van der Waals surface area contributed by atoms with Gasteiger partial charge in [0.15, 0.2) is 5.65 Å². The highest BCUT2D eigenvalue weighted by molar-refractivity contribution is 5.52. The van der Waals surface area contributed by atoms with Gasteiger partial charge in [-0.1, -0.05) is 13.3 Å². The fourth-order valence-corrected chi connectivity index (χ4v) is 2.88. The molecule has 5 nitrogen and oxygen atoms in total. The predicted octanol–water partition coefficient (Wildman–Crippen LogP) is 1.86. The second-order valence-electron chi connectivity index (χ2n) is 4.85. The van der Waals surface area contributed by atoms with Crippen molar-refractivity contribution in [1.82, 2.24) is 19.5 Å². The lowest BCUT2D eigenvalue weighted by Crippen LogP contribution is -2.33. The third-order valence-corrected chi connectivity index (χ3v) is 3.84. The van der Waals surface area contributed by atoms with E-state index < -0.39 is 0 Å². The van der Waals surface area contributed by atoms with Gasteiger partial charge in [0, 0.05) is 17.8 Å². The van der Waals surface area contributed by atoms with Crippen molar-refractivity contribution in [2.45, 2.75) is 32.2 Å². The molecule has 0 aliphatic carbocycles. The highest BCUT2D eigenvalue weighted by atomic mass is 15.3. The van der Waals surface area contributed by atoms with Gasteiger partial charge >= 0.3 is 0 Å². The molecule has 0 amide bonds. The summed E-state index contributed by atoms with van der Waals surface area (Å²) in [4.78, 5) is 6.95. The highest BCUT2D eigenvalue weighted by Crippen LogP contribution is 2.32. The molecule has 0 aromatic carbocycles. The van der Waals surface area contributed by atoms with Gasteiger partial charge in [-0.2, -0.15) is 9.61 Å². The number of anilines is 1. The molecule has 3 heterocycles. The zero-order chi connectivity index (χ0) is 12.5. The van der Waals surface area contributed by atoms with Crippen LogP contribution in [0.1, 0.15) is 37.8 Å². The molecule has 0 saturated carbocycles. The van der Waals surface area contributed by atoms with E-state index in [0.717, 1.165) is 12.2 Å². The van der Waals surface area contributed by atoms with Crippen LogP contribution in [0.5, 0.6) is 0 Å². The summed E-state index contributed by atoms with van der Waals surface area (Å²) in [5.41, 5.74) is 8.03. The standard InChI is InChI=1S/C13H19N5/c1-2-17-8-4-3-5-11(17)10-9-16-18-12(14)6-7-15-13(10)18/h6-7,9,11H,2-5,8,14H2,1H3. The summed E-state index contributed by atoms with van der Waals surface area (Å²) in [6.45, 7) is 4.46. The largest absolute Gasteiger partial charge is 0.384 e. The number of piperidine rings is 1. The maximum absolute atomic E-state index is 5.91. The Hall–Kier alpha value is -1.62. The first-order chi connectivity index (χ1) is 8.81. The Morgan fingerprint density at radius 2 is 2.33 bits per heavy atom. The lowest BCUT2D eigenvalue weighted by Gasteiger charge is -2.34. The van der Waals surface area contributed by atoms with Gasteiger partial charge in [0.2, 0.25) is 0 Å². The molecule has 0 spiro atoms. The lowest BCUT2D eigenvalue weighted by atomic mass is 9.97. The third-order valence-electron chi connectivity index (χ3n) is 3.84. The minimum Gasteiger partial charge on any atom is -0.384 e. The molecular weight excluding hydrogens is 226 g/mol. The first kappa shape index (κ1) is 11.5. The number of rotatable bonds is 2. The van der Waals surface area contributed by atoms with Crippen molar-refractivity contribution in [3.8, 4) is 0 Å². The van der Waals surface area contributed by atoms with Gasteiger partial charge in [0.1, 0.15) is 5.82 Å². The van der Waals surface area contributed by atoms with E-state index in [0.29, 0.717) is 11.9 Å². The number of nitrogens with zero attached hydrogens (tertiary/aromatic N) is 4. The van der Waals surface area contributed by atoms with E-state index in [2.05, 4.69) is 21.9 Å². The van der Waals surface area contributed by atoms with Gasteiger partial charge < -0.3 is 5.73 Å². The number of nitrogen functional groups attached to an aromatic ring is 1. The van der Waals surface area contributed by atoms with Crippen LogP contribution in [0, 0.1) is 0 Å². The van der Waals surface area contributed by atoms with Crippen molar-refractivity contribution < 1.29 is 0 Å². The van der Waals surface area contributed by atoms with Crippen LogP contribution in [0.4, 0.5) is 5.82 Å². The average Bonchev–Trinajstić information content (AvgIpc) is 2.84. The van der Waals surface area contributed by atoms with Crippen molar-refractivity contribution in [3.63, 3.8) is 0 Å². The van der Waals surface area contributed by atoms with E-state index in [1.165, 1.54) is 31.4 Å². The van der Waals surface area contributed by atoms with Gasteiger partial charge in [-0.3, -0.25) is 4.90 Å². The fourth-order valence-electron chi connectivity index (χ4n) is 2.88. The quantitative estimate of drug-likeness (QED) is 0.877. The molecule has 1 unspecified atom stereocenters.